The van der Waals surface area contributed by atoms with Crippen molar-refractivity contribution < 1.29 is 4.39 Å². The van der Waals surface area contributed by atoms with Gasteiger partial charge in [-0.2, -0.15) is 5.10 Å². The minimum atomic E-state index is -0.210. The molecule has 1 heterocycles. The number of hydrogen-bond donors (Lipinski definition) is 0. The monoisotopic (exact) mass is 177 g/mol. The predicted molar refractivity (Wildman–Crippen MR) is 45.5 cm³/mol. The number of hydrogen-bond acceptors (Lipinski definition) is 2. The molecule has 1 aromatic heterocycles. The first-order chi connectivity index (χ1) is 6.36. The third-order valence-electron chi connectivity index (χ3n) is 1.76. The Labute approximate surface area is 74.8 Å². The molecule has 0 amide bonds. The summed E-state index contributed by atoms with van der Waals surface area (Å²) in [5.74, 6) is -0.210. The summed E-state index contributed by atoms with van der Waals surface area (Å²) in [6.45, 7) is 0.423. The summed E-state index contributed by atoms with van der Waals surface area (Å²) in [6, 6.07) is 6.64. The molecule has 0 aliphatic rings. The highest BCUT2D eigenvalue weighted by Gasteiger charge is 2.00. The van der Waals surface area contributed by atoms with Crippen LogP contribution in [0, 0.1) is 5.82 Å². The molecule has 1 aromatic carbocycles. The molecule has 0 N–H and O–H groups in total. The summed E-state index contributed by atoms with van der Waals surface area (Å²) in [7, 11) is 0. The van der Waals surface area contributed by atoms with Gasteiger partial charge in [0.15, 0.2) is 0 Å². The molecule has 0 spiro atoms. The van der Waals surface area contributed by atoms with Crippen molar-refractivity contribution in [2.45, 2.75) is 6.54 Å². The number of halogens is 1. The van der Waals surface area contributed by atoms with Gasteiger partial charge in [-0.3, -0.25) is 0 Å². The second kappa shape index (κ2) is 3.35. The molecule has 0 saturated carbocycles. The highest BCUT2D eigenvalue weighted by molar-refractivity contribution is 5.17. The molecule has 0 saturated heterocycles. The largest absolute Gasteiger partial charge is 0.248 e. The smallest absolute Gasteiger partial charge is 0.137 e. The minimum Gasteiger partial charge on any atom is -0.248 e. The molecule has 0 fully saturated rings. The van der Waals surface area contributed by atoms with Crippen LogP contribution in [-0.4, -0.2) is 14.8 Å². The van der Waals surface area contributed by atoms with Gasteiger partial charge in [-0.1, -0.05) is 18.2 Å². The van der Waals surface area contributed by atoms with Gasteiger partial charge in [-0.05, 0) is 6.07 Å². The van der Waals surface area contributed by atoms with Crippen LogP contribution in [0.2, 0.25) is 0 Å². The van der Waals surface area contributed by atoms with E-state index in [4.69, 9.17) is 0 Å². The van der Waals surface area contributed by atoms with Crippen molar-refractivity contribution in [3.8, 4) is 0 Å². The van der Waals surface area contributed by atoms with Gasteiger partial charge in [-0.15, -0.1) is 0 Å². The van der Waals surface area contributed by atoms with Crippen LogP contribution in [0.3, 0.4) is 0 Å². The highest BCUT2D eigenvalue weighted by atomic mass is 19.1. The Balaban J connectivity index is 2.24. The average Bonchev–Trinajstić information content (AvgIpc) is 2.61. The summed E-state index contributed by atoms with van der Waals surface area (Å²) < 4.78 is 14.7. The van der Waals surface area contributed by atoms with Gasteiger partial charge in [0.25, 0.3) is 0 Å². The molecule has 13 heavy (non-hydrogen) atoms. The van der Waals surface area contributed by atoms with Crippen LogP contribution in [0.5, 0.6) is 0 Å². The first-order valence-electron chi connectivity index (χ1n) is 3.92. The van der Waals surface area contributed by atoms with E-state index in [1.807, 2.05) is 0 Å². The quantitative estimate of drug-likeness (QED) is 0.695. The standard InChI is InChI=1S/C9H8FN3/c10-9-4-2-1-3-8(9)5-13-7-11-6-12-13/h1-4,6-7H,5H2. The summed E-state index contributed by atoms with van der Waals surface area (Å²) >= 11 is 0. The molecule has 66 valence electrons. The first-order valence-corrected chi connectivity index (χ1v) is 3.92. The van der Waals surface area contributed by atoms with E-state index in [0.29, 0.717) is 12.1 Å². The molecule has 0 unspecified atom stereocenters. The maximum Gasteiger partial charge on any atom is 0.137 e. The van der Waals surface area contributed by atoms with Gasteiger partial charge in [0.1, 0.15) is 18.5 Å². The van der Waals surface area contributed by atoms with Gasteiger partial charge < -0.3 is 0 Å². The molecule has 2 rings (SSSR count). The number of benzene rings is 1. The van der Waals surface area contributed by atoms with Gasteiger partial charge >= 0.3 is 0 Å². The Bertz CT molecular complexity index is 384. The Morgan fingerprint density at radius 2 is 2.15 bits per heavy atom. The van der Waals surface area contributed by atoms with E-state index >= 15 is 0 Å². The lowest BCUT2D eigenvalue weighted by Crippen LogP contribution is -2.01. The van der Waals surface area contributed by atoms with Crippen LogP contribution >= 0.6 is 0 Å². The molecule has 2 aromatic rings. The van der Waals surface area contributed by atoms with Crippen LogP contribution in [0.25, 0.3) is 0 Å². The van der Waals surface area contributed by atoms with Crippen molar-refractivity contribution in [1.82, 2.24) is 14.8 Å². The molecule has 0 bridgehead atoms. The normalized spacial score (nSPS) is 10.2. The SMILES string of the molecule is Fc1ccccc1Cn1cncn1. The van der Waals surface area contributed by atoms with Crippen LogP contribution in [0.1, 0.15) is 5.56 Å². The molecule has 3 nitrogen and oxygen atoms in total. The zero-order valence-electron chi connectivity index (χ0n) is 6.89. The summed E-state index contributed by atoms with van der Waals surface area (Å²) in [4.78, 5) is 3.78. The second-order valence-electron chi connectivity index (χ2n) is 2.68. The molecule has 0 aliphatic heterocycles. The van der Waals surface area contributed by atoms with E-state index in [-0.39, 0.29) is 5.82 Å². The Hall–Kier alpha value is -1.71. The fourth-order valence-corrected chi connectivity index (χ4v) is 1.12. The summed E-state index contributed by atoms with van der Waals surface area (Å²) in [5.41, 5.74) is 0.619. The van der Waals surface area contributed by atoms with Crippen molar-refractivity contribution >= 4 is 0 Å². The predicted octanol–water partition coefficient (Wildman–Crippen LogP) is 1.47. The number of nitrogens with zero attached hydrogens (tertiary/aromatic N) is 3. The van der Waals surface area contributed by atoms with Crippen LogP contribution in [0.4, 0.5) is 4.39 Å². The zero-order valence-corrected chi connectivity index (χ0v) is 6.89. The number of rotatable bonds is 2. The lowest BCUT2D eigenvalue weighted by atomic mass is 10.2. The first kappa shape index (κ1) is 7.91. The van der Waals surface area contributed by atoms with E-state index in [1.54, 1.807) is 29.2 Å². The second-order valence-corrected chi connectivity index (χ2v) is 2.68. The van der Waals surface area contributed by atoms with E-state index in [2.05, 4.69) is 10.1 Å². The van der Waals surface area contributed by atoms with Gasteiger partial charge in [-0.25, -0.2) is 14.1 Å². The topological polar surface area (TPSA) is 30.7 Å². The van der Waals surface area contributed by atoms with E-state index in [9.17, 15) is 4.39 Å². The van der Waals surface area contributed by atoms with Crippen LogP contribution in [-0.2, 0) is 6.54 Å². The molecule has 0 atom stereocenters. The van der Waals surface area contributed by atoms with Gasteiger partial charge in [0, 0.05) is 5.56 Å². The van der Waals surface area contributed by atoms with Crippen LogP contribution in [0.15, 0.2) is 36.9 Å². The summed E-state index contributed by atoms with van der Waals surface area (Å²) in [5, 5.41) is 3.89. The van der Waals surface area contributed by atoms with Gasteiger partial charge in [0.2, 0.25) is 0 Å². The third-order valence-corrected chi connectivity index (χ3v) is 1.76. The van der Waals surface area contributed by atoms with Crippen molar-refractivity contribution in [2.75, 3.05) is 0 Å². The molecule has 0 radical (unpaired) electrons. The van der Waals surface area contributed by atoms with E-state index < -0.39 is 0 Å². The Morgan fingerprint density at radius 1 is 1.31 bits per heavy atom. The summed E-state index contributed by atoms with van der Waals surface area (Å²) in [6.07, 6.45) is 2.99. The Kier molecular flexibility index (Phi) is 2.04. The third kappa shape index (κ3) is 1.72. The zero-order chi connectivity index (χ0) is 9.10. The fraction of sp³-hybridized carbons (Fsp3) is 0.111. The molecular weight excluding hydrogens is 169 g/mol. The average molecular weight is 177 g/mol. The Morgan fingerprint density at radius 3 is 2.85 bits per heavy atom. The van der Waals surface area contributed by atoms with Crippen molar-refractivity contribution in [3.05, 3.63) is 48.3 Å². The maximum absolute atomic E-state index is 13.1. The maximum atomic E-state index is 13.1. The fourth-order valence-electron chi connectivity index (χ4n) is 1.12. The van der Waals surface area contributed by atoms with Crippen LogP contribution < -0.4 is 0 Å². The van der Waals surface area contributed by atoms with E-state index in [1.165, 1.54) is 12.4 Å². The highest BCUT2D eigenvalue weighted by Crippen LogP contribution is 2.06. The lowest BCUT2D eigenvalue weighted by Gasteiger charge is -2.01. The van der Waals surface area contributed by atoms with Crippen molar-refractivity contribution in [1.29, 1.82) is 0 Å². The van der Waals surface area contributed by atoms with Gasteiger partial charge in [0.05, 0.1) is 6.54 Å². The van der Waals surface area contributed by atoms with E-state index in [0.717, 1.165) is 0 Å². The molecular formula is C9H8FN3. The number of aromatic nitrogens is 3. The van der Waals surface area contributed by atoms with Crippen molar-refractivity contribution in [3.63, 3.8) is 0 Å². The van der Waals surface area contributed by atoms with Crippen molar-refractivity contribution in [2.24, 2.45) is 0 Å². The lowest BCUT2D eigenvalue weighted by molar-refractivity contribution is 0.585. The minimum absolute atomic E-state index is 0.210. The molecule has 4 heteroatoms. The molecule has 0 aliphatic carbocycles.